The number of hydrogen-bond acceptors (Lipinski definition) is 7. The number of aliphatic hydroxyl groups excluding tert-OH is 1. The van der Waals surface area contributed by atoms with Crippen LogP contribution in [0, 0.1) is 29.1 Å². The average molecular weight is 953 g/mol. The van der Waals surface area contributed by atoms with E-state index < -0.39 is 71.4 Å². The maximum atomic E-state index is 13.8. The van der Waals surface area contributed by atoms with Crippen molar-refractivity contribution in [2.45, 2.75) is 186 Å². The summed E-state index contributed by atoms with van der Waals surface area (Å²) in [7, 11) is -1.42. The van der Waals surface area contributed by atoms with E-state index in [0.717, 1.165) is 88.2 Å². The SMILES string of the molecule is CC(C)C(NC(=O)Oc1ccc2c(c1)C[C@@H](CCCCCCCCCS(=O)CCCC(F)(F)C(F)(F)F)[C@@H]1C2CC[C@]2(C)[C@@H](O)CC[C@@H]12)C(=O)NC(Cc1ccccc1)C(=O)OC(C)(C)C. The van der Waals surface area contributed by atoms with Gasteiger partial charge in [0.2, 0.25) is 5.91 Å². The Morgan fingerprint density at radius 2 is 1.52 bits per heavy atom. The number of alkyl halides is 5. The highest BCUT2D eigenvalue weighted by molar-refractivity contribution is 7.84. The molecule has 2 saturated carbocycles. The first-order valence-electron chi connectivity index (χ1n) is 24.1. The summed E-state index contributed by atoms with van der Waals surface area (Å²) in [5.41, 5.74) is 2.39. The number of rotatable bonds is 22. The van der Waals surface area contributed by atoms with Crippen LogP contribution in [-0.2, 0) is 38.0 Å². The first kappa shape index (κ1) is 53.4. The molecule has 3 N–H and O–H groups in total. The van der Waals surface area contributed by atoms with Gasteiger partial charge >= 0.3 is 24.2 Å². The number of unbranched alkanes of at least 4 members (excludes halogenated alkanes) is 6. The zero-order chi connectivity index (χ0) is 48.5. The minimum absolute atomic E-state index is 0.108. The van der Waals surface area contributed by atoms with Gasteiger partial charge in [-0.3, -0.25) is 9.00 Å². The molecule has 15 heteroatoms. The molecule has 0 aliphatic heterocycles. The van der Waals surface area contributed by atoms with Crippen LogP contribution in [0.1, 0.15) is 154 Å². The van der Waals surface area contributed by atoms with Crippen LogP contribution in [0.2, 0.25) is 0 Å². The van der Waals surface area contributed by atoms with Crippen molar-refractivity contribution in [1.82, 2.24) is 10.6 Å². The largest absolute Gasteiger partial charge is 0.458 e. The van der Waals surface area contributed by atoms with Crippen molar-refractivity contribution in [3.8, 4) is 5.75 Å². The van der Waals surface area contributed by atoms with Gasteiger partial charge in [0.15, 0.2) is 0 Å². The molecule has 3 aliphatic carbocycles. The summed E-state index contributed by atoms with van der Waals surface area (Å²) in [4.78, 5) is 40.5. The maximum absolute atomic E-state index is 13.8. The number of carbonyl (C=O) groups is 3. The minimum atomic E-state index is -5.58. The Kier molecular flexibility index (Phi) is 18.7. The van der Waals surface area contributed by atoms with Gasteiger partial charge in [-0.2, -0.15) is 22.0 Å². The number of ether oxygens (including phenoxy) is 2. The molecule has 2 fully saturated rings. The van der Waals surface area contributed by atoms with Gasteiger partial charge in [-0.25, -0.2) is 9.59 Å². The minimum Gasteiger partial charge on any atom is -0.458 e. The lowest BCUT2D eigenvalue weighted by molar-refractivity contribution is -0.284. The predicted molar refractivity (Wildman–Crippen MR) is 247 cm³/mol. The summed E-state index contributed by atoms with van der Waals surface area (Å²) in [5, 5.41) is 16.7. The van der Waals surface area contributed by atoms with E-state index in [1.807, 2.05) is 42.5 Å². The molecule has 2 aromatic carbocycles. The second kappa shape index (κ2) is 23.1. The third-order valence-corrected chi connectivity index (χ3v) is 15.8. The Hall–Kier alpha value is -3.59. The molecule has 2 amide bonds. The van der Waals surface area contributed by atoms with E-state index in [-0.39, 0.29) is 29.6 Å². The van der Waals surface area contributed by atoms with Gasteiger partial charge in [-0.1, -0.05) is 95.7 Å². The highest BCUT2D eigenvalue weighted by atomic mass is 32.2. The molecule has 9 atom stereocenters. The van der Waals surface area contributed by atoms with Crippen LogP contribution in [0.5, 0.6) is 5.75 Å². The Labute approximate surface area is 391 Å². The number of aliphatic hydroxyl groups is 1. The van der Waals surface area contributed by atoms with Crippen molar-refractivity contribution in [1.29, 1.82) is 0 Å². The molecule has 0 spiro atoms. The molecule has 0 aromatic heterocycles. The van der Waals surface area contributed by atoms with Crippen molar-refractivity contribution < 1.29 is 55.1 Å². The molecule has 3 aliphatic rings. The molecule has 2 aromatic rings. The predicted octanol–water partition coefficient (Wildman–Crippen LogP) is 11.2. The number of halogens is 5. The standard InChI is InChI=1S/C51H73F5N2O7S/c1-33(2)44(45(60)57-41(46(61)65-48(3,4)5)30-34-18-13-12-14-19-34)58-47(62)64-37-21-22-38-36(32-37)31-35(43-39(38)25-27-49(6)40(43)23-24-42(49)59)20-15-10-8-7-9-11-16-28-66(63)29-17-26-50(52,53)51(54,55)56/h12-14,18-19,21-22,32-33,35,39-44,59H,7-11,15-17,20,23-31H2,1-6H3,(H,57,60)(H,58,62)/t35-,39?,40+,41?,42+,43-,44?,49+,66?/m1/s1. The van der Waals surface area contributed by atoms with Gasteiger partial charge < -0.3 is 25.2 Å². The number of carbonyl (C=O) groups excluding carboxylic acids is 3. The van der Waals surface area contributed by atoms with Crippen LogP contribution in [0.4, 0.5) is 26.7 Å². The van der Waals surface area contributed by atoms with E-state index in [2.05, 4.69) is 23.6 Å². The quantitative estimate of drug-likeness (QED) is 0.0608. The lowest BCUT2D eigenvalue weighted by Gasteiger charge is -2.53. The fraction of sp³-hybridized carbons (Fsp3) is 0.706. The average Bonchev–Trinajstić information content (AvgIpc) is 3.54. The number of hydrogen-bond donors (Lipinski definition) is 3. The van der Waals surface area contributed by atoms with Gasteiger partial charge in [0, 0.05) is 35.1 Å². The third kappa shape index (κ3) is 14.5. The fourth-order valence-electron chi connectivity index (χ4n) is 10.8. The molecular weight excluding hydrogens is 880 g/mol. The zero-order valence-corrected chi connectivity index (χ0v) is 40.5. The molecule has 370 valence electrons. The lowest BCUT2D eigenvalue weighted by Crippen LogP contribution is -2.55. The van der Waals surface area contributed by atoms with Gasteiger partial charge in [-0.05, 0) is 136 Å². The van der Waals surface area contributed by atoms with Crippen LogP contribution < -0.4 is 15.4 Å². The summed E-state index contributed by atoms with van der Waals surface area (Å²) in [5.74, 6) is -4.09. The number of benzene rings is 2. The topological polar surface area (TPSA) is 131 Å². The highest BCUT2D eigenvalue weighted by Gasteiger charge is 2.57. The van der Waals surface area contributed by atoms with Crippen molar-refractivity contribution in [3.05, 3.63) is 65.2 Å². The zero-order valence-electron chi connectivity index (χ0n) is 39.7. The molecule has 5 rings (SSSR count). The van der Waals surface area contributed by atoms with E-state index in [0.29, 0.717) is 41.6 Å². The molecule has 9 nitrogen and oxygen atoms in total. The van der Waals surface area contributed by atoms with Crippen molar-refractivity contribution in [3.63, 3.8) is 0 Å². The van der Waals surface area contributed by atoms with Gasteiger partial charge in [0.25, 0.3) is 0 Å². The number of nitrogens with one attached hydrogen (secondary N) is 2. The fourth-order valence-corrected chi connectivity index (χ4v) is 12.0. The lowest BCUT2D eigenvalue weighted by atomic mass is 9.52. The molecule has 0 radical (unpaired) electrons. The van der Waals surface area contributed by atoms with Gasteiger partial charge in [0.05, 0.1) is 6.10 Å². The smallest absolute Gasteiger partial charge is 0.453 e. The van der Waals surface area contributed by atoms with Crippen LogP contribution in [0.25, 0.3) is 0 Å². The van der Waals surface area contributed by atoms with Crippen molar-refractivity contribution >= 4 is 28.8 Å². The van der Waals surface area contributed by atoms with E-state index in [1.165, 1.54) is 5.56 Å². The molecule has 66 heavy (non-hydrogen) atoms. The van der Waals surface area contributed by atoms with Gasteiger partial charge in [-0.15, -0.1) is 0 Å². The molecular formula is C51H73F5N2O7S. The maximum Gasteiger partial charge on any atom is 0.453 e. The van der Waals surface area contributed by atoms with Crippen LogP contribution in [0.15, 0.2) is 48.5 Å². The van der Waals surface area contributed by atoms with Crippen LogP contribution >= 0.6 is 0 Å². The van der Waals surface area contributed by atoms with E-state index in [4.69, 9.17) is 9.47 Å². The first-order valence-corrected chi connectivity index (χ1v) is 25.6. The Morgan fingerprint density at radius 3 is 2.17 bits per heavy atom. The summed E-state index contributed by atoms with van der Waals surface area (Å²) in [6.07, 6.45) is 3.90. The van der Waals surface area contributed by atoms with E-state index >= 15 is 0 Å². The molecule has 0 bridgehead atoms. The number of amides is 2. The summed E-state index contributed by atoms with van der Waals surface area (Å²) >= 11 is 0. The second-order valence-corrected chi connectivity index (χ2v) is 22.4. The van der Waals surface area contributed by atoms with E-state index in [9.17, 15) is 45.7 Å². The third-order valence-electron chi connectivity index (χ3n) is 14.3. The summed E-state index contributed by atoms with van der Waals surface area (Å²) in [6, 6.07) is 13.2. The monoisotopic (exact) mass is 953 g/mol. The van der Waals surface area contributed by atoms with Crippen LogP contribution in [-0.4, -0.2) is 74.7 Å². The first-order chi connectivity index (χ1) is 31.0. The number of fused-ring (bicyclic) bond motifs is 5. The number of esters is 1. The van der Waals surface area contributed by atoms with Crippen molar-refractivity contribution in [2.75, 3.05) is 11.5 Å². The summed E-state index contributed by atoms with van der Waals surface area (Å²) in [6.45, 7) is 11.2. The second-order valence-electron chi connectivity index (χ2n) is 20.7. The molecule has 4 unspecified atom stereocenters. The molecule has 0 heterocycles. The Balaban J connectivity index is 1.15. The summed E-state index contributed by atoms with van der Waals surface area (Å²) < 4.78 is 87.1. The Morgan fingerprint density at radius 1 is 0.864 bits per heavy atom. The molecule has 0 saturated heterocycles. The van der Waals surface area contributed by atoms with Gasteiger partial charge in [0.1, 0.15) is 23.4 Å². The highest BCUT2D eigenvalue weighted by Crippen LogP contribution is 2.63. The van der Waals surface area contributed by atoms with Crippen LogP contribution in [0.3, 0.4) is 0 Å². The van der Waals surface area contributed by atoms with Crippen molar-refractivity contribution in [2.24, 2.45) is 29.1 Å². The Bertz CT molecular complexity index is 1940. The normalized spacial score (nSPS) is 24.3. The van der Waals surface area contributed by atoms with E-state index in [1.54, 1.807) is 34.6 Å².